The molecule has 1 fully saturated rings. The normalized spacial score (nSPS) is 13.7. The largest absolute Gasteiger partial charge is 0.495 e. The molecule has 0 radical (unpaired) electrons. The topological polar surface area (TPSA) is 100 Å². The fourth-order valence-electron chi connectivity index (χ4n) is 4.94. The van der Waals surface area contributed by atoms with Crippen LogP contribution in [0.4, 0.5) is 5.69 Å². The molecule has 3 N–H and O–H groups in total. The molecule has 0 bridgehead atoms. The van der Waals surface area contributed by atoms with Crippen LogP contribution in [-0.4, -0.2) is 59.5 Å². The van der Waals surface area contributed by atoms with Crippen LogP contribution in [0.15, 0.2) is 66.7 Å². The van der Waals surface area contributed by atoms with E-state index in [1.54, 1.807) is 7.11 Å². The van der Waals surface area contributed by atoms with Crippen molar-refractivity contribution in [3.63, 3.8) is 0 Å². The summed E-state index contributed by atoms with van der Waals surface area (Å²) in [4.78, 5) is 22.3. The third kappa shape index (κ3) is 5.00. The molecule has 0 atom stereocenters. The SMILES string of the molecule is COc1ccccc1N1CCN(C(=O)c2ccc3c(c2)nc(CCc2ccc(C(=N)N)cc2)n3C)CC1. The van der Waals surface area contributed by atoms with Gasteiger partial charge in [-0.2, -0.15) is 0 Å². The van der Waals surface area contributed by atoms with Crippen molar-refractivity contribution in [2.24, 2.45) is 12.8 Å². The molecule has 1 saturated heterocycles. The standard InChI is InChI=1S/C29H32N6O2/c1-33-24-13-12-22(19-23(24)32-27(33)14-9-20-7-10-21(11-8-20)28(30)31)29(36)35-17-15-34(16-18-35)25-5-3-4-6-26(25)37-2/h3-8,10-13,19H,9,14-18H2,1-2H3,(H3,30,31). The van der Waals surface area contributed by atoms with Crippen LogP contribution in [0, 0.1) is 5.41 Å². The number of amidine groups is 1. The zero-order valence-electron chi connectivity index (χ0n) is 21.3. The van der Waals surface area contributed by atoms with Gasteiger partial charge in [-0.15, -0.1) is 0 Å². The number of anilines is 1. The molecule has 0 saturated carbocycles. The Hall–Kier alpha value is -4.33. The highest BCUT2D eigenvalue weighted by Gasteiger charge is 2.24. The molecular weight excluding hydrogens is 464 g/mol. The molecule has 0 spiro atoms. The number of piperazine rings is 1. The molecule has 1 aromatic heterocycles. The number of fused-ring (bicyclic) bond motifs is 1. The molecule has 8 heteroatoms. The summed E-state index contributed by atoms with van der Waals surface area (Å²) in [5.74, 6) is 1.94. The molecule has 8 nitrogen and oxygen atoms in total. The first-order valence-corrected chi connectivity index (χ1v) is 12.5. The van der Waals surface area contributed by atoms with Gasteiger partial charge in [0.05, 0.1) is 23.8 Å². The van der Waals surface area contributed by atoms with Crippen LogP contribution in [0.5, 0.6) is 5.75 Å². The molecular formula is C29H32N6O2. The maximum atomic E-state index is 13.3. The number of hydrogen-bond acceptors (Lipinski definition) is 5. The van der Waals surface area contributed by atoms with Crippen molar-refractivity contribution in [1.82, 2.24) is 14.5 Å². The van der Waals surface area contributed by atoms with Crippen LogP contribution in [0.3, 0.4) is 0 Å². The van der Waals surface area contributed by atoms with Gasteiger partial charge in [-0.1, -0.05) is 36.4 Å². The van der Waals surface area contributed by atoms with Crippen molar-refractivity contribution in [1.29, 1.82) is 5.41 Å². The molecule has 1 aliphatic heterocycles. The summed E-state index contributed by atoms with van der Waals surface area (Å²) in [5, 5.41) is 7.54. The Morgan fingerprint density at radius 3 is 2.38 bits per heavy atom. The second kappa shape index (κ2) is 10.3. The number of rotatable bonds is 7. The first-order valence-electron chi connectivity index (χ1n) is 12.5. The minimum Gasteiger partial charge on any atom is -0.495 e. The molecule has 1 aliphatic rings. The lowest BCUT2D eigenvalue weighted by Crippen LogP contribution is -2.48. The van der Waals surface area contributed by atoms with E-state index in [0.717, 1.165) is 59.8 Å². The number of amides is 1. The zero-order valence-corrected chi connectivity index (χ0v) is 21.3. The number of carbonyl (C=O) groups is 1. The van der Waals surface area contributed by atoms with E-state index < -0.39 is 0 Å². The van der Waals surface area contributed by atoms with Crippen molar-refractivity contribution >= 4 is 28.5 Å². The maximum Gasteiger partial charge on any atom is 0.254 e. The van der Waals surface area contributed by atoms with Gasteiger partial charge in [-0.25, -0.2) is 4.98 Å². The minimum atomic E-state index is 0.0411. The average Bonchev–Trinajstić information content (AvgIpc) is 3.26. The summed E-state index contributed by atoms with van der Waals surface area (Å²) in [6.07, 6.45) is 1.61. The predicted octanol–water partition coefficient (Wildman–Crippen LogP) is 3.61. The smallest absolute Gasteiger partial charge is 0.254 e. The van der Waals surface area contributed by atoms with Crippen LogP contribution in [0.25, 0.3) is 11.0 Å². The monoisotopic (exact) mass is 496 g/mol. The molecule has 37 heavy (non-hydrogen) atoms. The van der Waals surface area contributed by atoms with Crippen LogP contribution >= 0.6 is 0 Å². The summed E-state index contributed by atoms with van der Waals surface area (Å²) in [6.45, 7) is 2.83. The number of nitrogens with one attached hydrogen (secondary N) is 1. The zero-order chi connectivity index (χ0) is 25.9. The Balaban J connectivity index is 1.25. The Morgan fingerprint density at radius 2 is 1.68 bits per heavy atom. The Morgan fingerprint density at radius 1 is 0.973 bits per heavy atom. The lowest BCUT2D eigenvalue weighted by atomic mass is 10.1. The van der Waals surface area contributed by atoms with Crippen molar-refractivity contribution in [2.75, 3.05) is 38.2 Å². The van der Waals surface area contributed by atoms with Crippen molar-refractivity contribution in [3.05, 3.63) is 89.2 Å². The number of para-hydroxylation sites is 2. The number of aromatic nitrogens is 2. The lowest BCUT2D eigenvalue weighted by molar-refractivity contribution is 0.0747. The van der Waals surface area contributed by atoms with Crippen molar-refractivity contribution < 1.29 is 9.53 Å². The van der Waals surface area contributed by atoms with Gasteiger partial charge >= 0.3 is 0 Å². The number of nitrogens with zero attached hydrogens (tertiary/aromatic N) is 4. The van der Waals surface area contributed by atoms with Gasteiger partial charge in [-0.3, -0.25) is 10.2 Å². The van der Waals surface area contributed by atoms with E-state index in [0.29, 0.717) is 18.7 Å². The van der Waals surface area contributed by atoms with Crippen LogP contribution in [0.2, 0.25) is 0 Å². The van der Waals surface area contributed by atoms with Crippen molar-refractivity contribution in [2.45, 2.75) is 12.8 Å². The number of hydrogen-bond donors (Lipinski definition) is 2. The van der Waals surface area contributed by atoms with Gasteiger partial charge in [0.1, 0.15) is 17.4 Å². The van der Waals surface area contributed by atoms with E-state index in [1.165, 1.54) is 5.56 Å². The molecule has 5 rings (SSSR count). The van der Waals surface area contributed by atoms with Crippen LogP contribution < -0.4 is 15.4 Å². The second-order valence-corrected chi connectivity index (χ2v) is 9.35. The molecule has 4 aromatic rings. The van der Waals surface area contributed by atoms with Gasteiger partial charge in [0, 0.05) is 50.8 Å². The Bertz CT molecular complexity index is 1430. The summed E-state index contributed by atoms with van der Waals surface area (Å²) < 4.78 is 7.60. The summed E-state index contributed by atoms with van der Waals surface area (Å²) in [6, 6.07) is 21.6. The van der Waals surface area contributed by atoms with Gasteiger partial charge < -0.3 is 24.8 Å². The van der Waals surface area contributed by atoms with Gasteiger partial charge in [-0.05, 0) is 42.3 Å². The van der Waals surface area contributed by atoms with E-state index >= 15 is 0 Å². The number of ether oxygens (including phenoxy) is 1. The van der Waals surface area contributed by atoms with Gasteiger partial charge in [0.25, 0.3) is 5.91 Å². The number of aryl methyl sites for hydroxylation is 3. The molecule has 1 amide bonds. The molecule has 3 aromatic carbocycles. The second-order valence-electron chi connectivity index (χ2n) is 9.35. The minimum absolute atomic E-state index is 0.0411. The average molecular weight is 497 g/mol. The third-order valence-corrected chi connectivity index (χ3v) is 7.12. The fourth-order valence-corrected chi connectivity index (χ4v) is 4.94. The quantitative estimate of drug-likeness (QED) is 0.301. The highest BCUT2D eigenvalue weighted by Crippen LogP contribution is 2.28. The first-order chi connectivity index (χ1) is 17.9. The van der Waals surface area contributed by atoms with E-state index in [1.807, 2.05) is 72.6 Å². The number of methoxy groups -OCH3 is 1. The Kier molecular flexibility index (Phi) is 6.81. The number of nitrogens with two attached hydrogens (primary N) is 1. The number of nitrogen functional groups attached to an aromatic ring is 1. The maximum absolute atomic E-state index is 13.3. The fraction of sp³-hybridized carbons (Fsp3) is 0.276. The van der Waals surface area contributed by atoms with E-state index in [9.17, 15) is 4.79 Å². The predicted molar refractivity (Wildman–Crippen MR) is 147 cm³/mol. The van der Waals surface area contributed by atoms with Gasteiger partial charge in [0.15, 0.2) is 0 Å². The summed E-state index contributed by atoms with van der Waals surface area (Å²) in [5.41, 5.74) is 11.0. The molecule has 0 aliphatic carbocycles. The number of benzene rings is 3. The summed E-state index contributed by atoms with van der Waals surface area (Å²) >= 11 is 0. The third-order valence-electron chi connectivity index (χ3n) is 7.12. The number of imidazole rings is 1. The van der Waals surface area contributed by atoms with E-state index in [4.69, 9.17) is 20.9 Å². The highest BCUT2D eigenvalue weighted by molar-refractivity contribution is 5.97. The lowest BCUT2D eigenvalue weighted by Gasteiger charge is -2.36. The first kappa shape index (κ1) is 24.4. The van der Waals surface area contributed by atoms with Crippen LogP contribution in [0.1, 0.15) is 27.3 Å². The highest BCUT2D eigenvalue weighted by atomic mass is 16.5. The molecule has 2 heterocycles. The summed E-state index contributed by atoms with van der Waals surface area (Å²) in [7, 11) is 3.70. The number of carbonyl (C=O) groups excluding carboxylic acids is 1. The van der Waals surface area contributed by atoms with Crippen molar-refractivity contribution in [3.8, 4) is 5.75 Å². The molecule has 0 unspecified atom stereocenters. The van der Waals surface area contributed by atoms with Gasteiger partial charge in [0.2, 0.25) is 0 Å². The Labute approximate surface area is 216 Å². The van der Waals surface area contributed by atoms with E-state index in [2.05, 4.69) is 15.5 Å². The van der Waals surface area contributed by atoms with Crippen LogP contribution in [-0.2, 0) is 19.9 Å². The molecule has 190 valence electrons. The van der Waals surface area contributed by atoms with E-state index in [-0.39, 0.29) is 11.7 Å².